The van der Waals surface area contributed by atoms with Gasteiger partial charge in [0, 0.05) is 0 Å². The molecule has 0 aromatic carbocycles. The van der Waals surface area contributed by atoms with Crippen LogP contribution >= 0.6 is 18.6 Å². The Labute approximate surface area is 163 Å². The van der Waals surface area contributed by atoms with Crippen molar-refractivity contribution in [1.29, 1.82) is 0 Å². The Bertz CT molecular complexity index is 203. The van der Waals surface area contributed by atoms with Crippen molar-refractivity contribution in [1.82, 2.24) is 0 Å². The Hall–Kier alpha value is 1.29. The molecule has 0 amide bonds. The number of halogens is 2. The summed E-state index contributed by atoms with van der Waals surface area (Å²) in [7, 11) is 9.78. The van der Waals surface area contributed by atoms with Crippen molar-refractivity contribution in [2.75, 3.05) is 0 Å². The van der Waals surface area contributed by atoms with Gasteiger partial charge in [-0.3, -0.25) is 0 Å². The van der Waals surface area contributed by atoms with E-state index in [0.29, 0.717) is 0 Å². The molecular formula is C20H40Cl2Ti. The van der Waals surface area contributed by atoms with E-state index in [1.807, 2.05) is 0 Å². The Morgan fingerprint density at radius 2 is 0.391 bits per heavy atom. The second kappa shape index (κ2) is 11.1. The predicted octanol–water partition coefficient (Wildman–Crippen LogP) is 7.74. The minimum atomic E-state index is -0.556. The number of rotatable bonds is 0. The summed E-state index contributed by atoms with van der Waals surface area (Å²) in [5, 5.41) is 0. The summed E-state index contributed by atoms with van der Waals surface area (Å²) < 4.78 is 0. The normalized spacial score (nSPS) is 48.9. The average Bonchev–Trinajstić information content (AvgIpc) is 2.80. The van der Waals surface area contributed by atoms with Crippen LogP contribution < -0.4 is 0 Å². The van der Waals surface area contributed by atoms with E-state index in [1.54, 1.807) is 0 Å². The molecule has 23 heavy (non-hydrogen) atoms. The summed E-state index contributed by atoms with van der Waals surface area (Å²) in [6.07, 6.45) is 0. The zero-order valence-corrected chi connectivity index (χ0v) is 20.1. The van der Waals surface area contributed by atoms with E-state index < -0.39 is 17.0 Å². The molecule has 0 aliphatic heterocycles. The molecular weight excluding hydrogens is 359 g/mol. The second-order valence-electron chi connectivity index (χ2n) is 8.66. The summed E-state index contributed by atoms with van der Waals surface area (Å²) in [5.41, 5.74) is 0. The topological polar surface area (TPSA) is 0 Å². The fraction of sp³-hybridized carbons (Fsp3) is 1.00. The van der Waals surface area contributed by atoms with Crippen molar-refractivity contribution in [3.63, 3.8) is 0 Å². The fourth-order valence-electron chi connectivity index (χ4n) is 4.79. The summed E-state index contributed by atoms with van der Waals surface area (Å²) in [6, 6.07) is 0. The molecule has 2 aliphatic rings. The van der Waals surface area contributed by atoms with E-state index in [4.69, 9.17) is 18.6 Å². The minimum absolute atomic E-state index is 0.556. The van der Waals surface area contributed by atoms with Gasteiger partial charge in [-0.25, -0.2) is 0 Å². The van der Waals surface area contributed by atoms with Crippen LogP contribution in [-0.4, -0.2) is 0 Å². The van der Waals surface area contributed by atoms with Gasteiger partial charge in [0.1, 0.15) is 0 Å². The molecule has 0 N–H and O–H groups in total. The van der Waals surface area contributed by atoms with Gasteiger partial charge < -0.3 is 0 Å². The SMILES string of the molecule is CC1C(C)C(C)C(C)C1C.CC1C(C)C(C)C(C)C1C.[Cl][Ti][Cl]. The molecule has 3 heteroatoms. The van der Waals surface area contributed by atoms with E-state index in [1.165, 1.54) is 0 Å². The van der Waals surface area contributed by atoms with Gasteiger partial charge in [-0.05, 0) is 59.2 Å². The third-order valence-electron chi connectivity index (χ3n) is 8.29. The van der Waals surface area contributed by atoms with Gasteiger partial charge in [0.15, 0.2) is 0 Å². The van der Waals surface area contributed by atoms with Crippen LogP contribution in [0.4, 0.5) is 0 Å². The molecule has 0 aromatic rings. The first-order valence-electron chi connectivity index (χ1n) is 9.48. The van der Waals surface area contributed by atoms with Crippen molar-refractivity contribution < 1.29 is 17.0 Å². The molecule has 0 atom stereocenters. The first-order chi connectivity index (χ1) is 10.5. The van der Waals surface area contributed by atoms with Gasteiger partial charge in [0.2, 0.25) is 0 Å². The standard InChI is InChI=1S/2C10H20.2ClH.Ti/c2*1-6-7(2)9(4)10(5)8(6)3;;;/h2*6-10H,1-5H3;2*1H;/q;;;;+2/p-2. The molecule has 0 spiro atoms. The summed E-state index contributed by atoms with van der Waals surface area (Å²) in [4.78, 5) is 0. The Morgan fingerprint density at radius 1 is 0.348 bits per heavy atom. The second-order valence-corrected chi connectivity index (χ2v) is 11.2. The van der Waals surface area contributed by atoms with Crippen LogP contribution in [0.25, 0.3) is 0 Å². The molecule has 2 fully saturated rings. The van der Waals surface area contributed by atoms with E-state index in [-0.39, 0.29) is 0 Å². The molecule has 0 nitrogen and oxygen atoms in total. The average molecular weight is 399 g/mol. The summed E-state index contributed by atoms with van der Waals surface area (Å²) in [6.45, 7) is 24.0. The van der Waals surface area contributed by atoms with Crippen molar-refractivity contribution in [3.05, 3.63) is 0 Å². The van der Waals surface area contributed by atoms with E-state index in [2.05, 4.69) is 69.2 Å². The van der Waals surface area contributed by atoms with Gasteiger partial charge in [0.05, 0.1) is 0 Å². The molecule has 2 saturated carbocycles. The Kier molecular flexibility index (Phi) is 11.7. The molecule has 0 radical (unpaired) electrons. The van der Waals surface area contributed by atoms with Crippen LogP contribution in [0.1, 0.15) is 69.2 Å². The third-order valence-corrected chi connectivity index (χ3v) is 8.29. The van der Waals surface area contributed by atoms with Crippen molar-refractivity contribution in [2.24, 2.45) is 59.2 Å². The maximum atomic E-state index is 4.89. The molecule has 2 rings (SSSR count). The van der Waals surface area contributed by atoms with Gasteiger partial charge in [-0.2, -0.15) is 0 Å². The number of hydrogen-bond acceptors (Lipinski definition) is 0. The molecule has 138 valence electrons. The van der Waals surface area contributed by atoms with E-state index in [9.17, 15) is 0 Å². The summed E-state index contributed by atoms with van der Waals surface area (Å²) >= 11 is -0.556. The van der Waals surface area contributed by atoms with Crippen LogP contribution in [0.15, 0.2) is 0 Å². The molecule has 0 saturated heterocycles. The molecule has 0 aromatic heterocycles. The van der Waals surface area contributed by atoms with Crippen molar-refractivity contribution >= 4 is 18.6 Å². The predicted molar refractivity (Wildman–Crippen MR) is 103 cm³/mol. The molecule has 2 aliphatic carbocycles. The third kappa shape index (κ3) is 6.19. The first-order valence-corrected chi connectivity index (χ1v) is 13.8. The fourth-order valence-corrected chi connectivity index (χ4v) is 4.79. The van der Waals surface area contributed by atoms with Crippen LogP contribution in [-0.2, 0) is 17.0 Å². The Balaban J connectivity index is 0.000000360. The van der Waals surface area contributed by atoms with Crippen molar-refractivity contribution in [2.45, 2.75) is 69.2 Å². The van der Waals surface area contributed by atoms with Gasteiger partial charge >= 0.3 is 35.6 Å². The van der Waals surface area contributed by atoms with Gasteiger partial charge in [0.25, 0.3) is 0 Å². The van der Waals surface area contributed by atoms with Crippen LogP contribution in [0.3, 0.4) is 0 Å². The monoisotopic (exact) mass is 398 g/mol. The summed E-state index contributed by atoms with van der Waals surface area (Å²) in [5.74, 6) is 9.35. The molecule has 0 heterocycles. The first kappa shape index (κ1) is 24.3. The zero-order valence-electron chi connectivity index (χ0n) is 17.0. The van der Waals surface area contributed by atoms with Crippen LogP contribution in [0.5, 0.6) is 0 Å². The van der Waals surface area contributed by atoms with Crippen LogP contribution in [0.2, 0.25) is 0 Å². The van der Waals surface area contributed by atoms with Gasteiger partial charge in [-0.15, -0.1) is 0 Å². The maximum absolute atomic E-state index is 4.89. The van der Waals surface area contributed by atoms with E-state index >= 15 is 0 Å². The zero-order chi connectivity index (χ0) is 18.5. The molecule has 0 bridgehead atoms. The van der Waals surface area contributed by atoms with E-state index in [0.717, 1.165) is 59.2 Å². The Morgan fingerprint density at radius 3 is 0.435 bits per heavy atom. The van der Waals surface area contributed by atoms with Crippen molar-refractivity contribution in [3.8, 4) is 0 Å². The van der Waals surface area contributed by atoms with Gasteiger partial charge in [-0.1, -0.05) is 69.2 Å². The molecule has 0 unspecified atom stereocenters. The quantitative estimate of drug-likeness (QED) is 0.366. The van der Waals surface area contributed by atoms with Crippen LogP contribution in [0, 0.1) is 59.2 Å². The number of hydrogen-bond donors (Lipinski definition) is 0.